The van der Waals surface area contributed by atoms with Crippen LogP contribution < -0.4 is 15.2 Å². The summed E-state index contributed by atoms with van der Waals surface area (Å²) in [6.45, 7) is 2.50. The molecule has 0 fully saturated rings. The standard InChI is InChI=1S/C14H14N2O4/c1-2-19-10-3-5-11(6-4-10)20-12-7-8-14(16(17)18)13(15)9-12/h3-9H,2,15H2,1H3. The van der Waals surface area contributed by atoms with Gasteiger partial charge in [-0.1, -0.05) is 0 Å². The Bertz CT molecular complexity index is 611. The van der Waals surface area contributed by atoms with Gasteiger partial charge < -0.3 is 15.2 Å². The molecule has 0 bridgehead atoms. The van der Waals surface area contributed by atoms with Crippen LogP contribution in [0, 0.1) is 10.1 Å². The lowest BCUT2D eigenvalue weighted by Gasteiger charge is -2.08. The molecule has 2 rings (SSSR count). The van der Waals surface area contributed by atoms with Crippen LogP contribution in [0.15, 0.2) is 42.5 Å². The Balaban J connectivity index is 2.13. The van der Waals surface area contributed by atoms with Gasteiger partial charge in [-0.2, -0.15) is 0 Å². The van der Waals surface area contributed by atoms with Crippen LogP contribution in [0.4, 0.5) is 11.4 Å². The first-order valence-electron chi connectivity index (χ1n) is 6.04. The van der Waals surface area contributed by atoms with Gasteiger partial charge >= 0.3 is 0 Å². The monoisotopic (exact) mass is 274 g/mol. The summed E-state index contributed by atoms with van der Waals surface area (Å²) in [5.74, 6) is 1.79. The predicted octanol–water partition coefficient (Wildman–Crippen LogP) is 3.37. The van der Waals surface area contributed by atoms with E-state index in [-0.39, 0.29) is 11.4 Å². The van der Waals surface area contributed by atoms with Crippen LogP contribution in [0.5, 0.6) is 17.2 Å². The van der Waals surface area contributed by atoms with Crippen molar-refractivity contribution in [2.45, 2.75) is 6.92 Å². The molecule has 0 aromatic heterocycles. The molecule has 2 N–H and O–H groups in total. The van der Waals surface area contributed by atoms with E-state index in [1.807, 2.05) is 6.92 Å². The lowest BCUT2D eigenvalue weighted by Crippen LogP contribution is -1.96. The zero-order chi connectivity index (χ0) is 14.5. The third-order valence-corrected chi connectivity index (χ3v) is 2.57. The number of benzene rings is 2. The number of nitrogens with two attached hydrogens (primary N) is 1. The minimum Gasteiger partial charge on any atom is -0.494 e. The van der Waals surface area contributed by atoms with Crippen molar-refractivity contribution in [3.63, 3.8) is 0 Å². The Morgan fingerprint density at radius 2 is 1.70 bits per heavy atom. The highest BCUT2D eigenvalue weighted by Gasteiger charge is 2.11. The highest BCUT2D eigenvalue weighted by Crippen LogP contribution is 2.29. The average molecular weight is 274 g/mol. The lowest BCUT2D eigenvalue weighted by molar-refractivity contribution is -0.383. The van der Waals surface area contributed by atoms with Crippen molar-refractivity contribution in [1.82, 2.24) is 0 Å². The number of rotatable bonds is 5. The molecular weight excluding hydrogens is 260 g/mol. The fraction of sp³-hybridized carbons (Fsp3) is 0.143. The van der Waals surface area contributed by atoms with Crippen LogP contribution in [0.3, 0.4) is 0 Å². The Labute approximate surface area is 115 Å². The summed E-state index contributed by atoms with van der Waals surface area (Å²) in [6, 6.07) is 11.3. The Morgan fingerprint density at radius 1 is 1.10 bits per heavy atom. The van der Waals surface area contributed by atoms with E-state index in [1.54, 1.807) is 24.3 Å². The smallest absolute Gasteiger partial charge is 0.292 e. The summed E-state index contributed by atoms with van der Waals surface area (Å²) in [5, 5.41) is 10.7. The van der Waals surface area contributed by atoms with E-state index in [4.69, 9.17) is 15.2 Å². The zero-order valence-corrected chi connectivity index (χ0v) is 10.9. The van der Waals surface area contributed by atoms with Crippen LogP contribution >= 0.6 is 0 Å². The topological polar surface area (TPSA) is 87.6 Å². The molecule has 0 saturated heterocycles. The van der Waals surface area contributed by atoms with Crippen molar-refractivity contribution in [1.29, 1.82) is 0 Å². The maximum Gasteiger partial charge on any atom is 0.292 e. The molecular formula is C14H14N2O4. The largest absolute Gasteiger partial charge is 0.494 e. The summed E-state index contributed by atoms with van der Waals surface area (Å²) < 4.78 is 10.9. The second-order valence-corrected chi connectivity index (χ2v) is 3.98. The third kappa shape index (κ3) is 3.17. The number of ether oxygens (including phenoxy) is 2. The minimum absolute atomic E-state index is 0.0680. The van der Waals surface area contributed by atoms with Gasteiger partial charge in [0.05, 0.1) is 11.5 Å². The van der Waals surface area contributed by atoms with Gasteiger partial charge in [0.15, 0.2) is 0 Å². The first kappa shape index (κ1) is 13.7. The molecule has 0 aliphatic heterocycles. The molecule has 0 saturated carbocycles. The van der Waals surface area contributed by atoms with Gasteiger partial charge in [-0.15, -0.1) is 0 Å². The first-order chi connectivity index (χ1) is 9.60. The van der Waals surface area contributed by atoms with E-state index in [0.29, 0.717) is 18.1 Å². The number of anilines is 1. The number of hydrogen-bond acceptors (Lipinski definition) is 5. The highest BCUT2D eigenvalue weighted by atomic mass is 16.6. The molecule has 0 amide bonds. The fourth-order valence-corrected chi connectivity index (χ4v) is 1.67. The molecule has 0 unspecified atom stereocenters. The van der Waals surface area contributed by atoms with E-state index < -0.39 is 4.92 Å². The van der Waals surface area contributed by atoms with Crippen LogP contribution in [-0.2, 0) is 0 Å². The number of nitrogen functional groups attached to an aromatic ring is 1. The van der Waals surface area contributed by atoms with Crippen LogP contribution in [0.1, 0.15) is 6.92 Å². The van der Waals surface area contributed by atoms with E-state index in [2.05, 4.69) is 0 Å². The van der Waals surface area contributed by atoms with Crippen LogP contribution in [0.2, 0.25) is 0 Å². The van der Waals surface area contributed by atoms with Gasteiger partial charge in [-0.05, 0) is 37.3 Å². The fourth-order valence-electron chi connectivity index (χ4n) is 1.67. The van der Waals surface area contributed by atoms with Gasteiger partial charge in [0.2, 0.25) is 0 Å². The molecule has 104 valence electrons. The van der Waals surface area contributed by atoms with Crippen LogP contribution in [-0.4, -0.2) is 11.5 Å². The van der Waals surface area contributed by atoms with Crippen molar-refractivity contribution >= 4 is 11.4 Å². The lowest BCUT2D eigenvalue weighted by atomic mass is 10.2. The molecule has 6 nitrogen and oxygen atoms in total. The Hall–Kier alpha value is -2.76. The van der Waals surface area contributed by atoms with E-state index >= 15 is 0 Å². The number of hydrogen-bond donors (Lipinski definition) is 1. The summed E-state index contributed by atoms with van der Waals surface area (Å²) >= 11 is 0. The molecule has 0 heterocycles. The summed E-state index contributed by atoms with van der Waals surface area (Å²) in [4.78, 5) is 10.1. The number of nitro groups is 1. The molecule has 0 atom stereocenters. The van der Waals surface area contributed by atoms with E-state index in [9.17, 15) is 10.1 Å². The number of nitro benzene ring substituents is 1. The maximum absolute atomic E-state index is 10.7. The minimum atomic E-state index is -0.532. The Morgan fingerprint density at radius 3 is 2.25 bits per heavy atom. The van der Waals surface area contributed by atoms with Gasteiger partial charge in [0.25, 0.3) is 5.69 Å². The number of nitrogens with zero attached hydrogens (tertiary/aromatic N) is 1. The van der Waals surface area contributed by atoms with Gasteiger partial charge in [-0.25, -0.2) is 0 Å². The molecule has 2 aromatic carbocycles. The van der Waals surface area contributed by atoms with Gasteiger partial charge in [-0.3, -0.25) is 10.1 Å². The van der Waals surface area contributed by atoms with Crippen molar-refractivity contribution in [2.24, 2.45) is 0 Å². The SMILES string of the molecule is CCOc1ccc(Oc2ccc([N+](=O)[O-])c(N)c2)cc1. The first-order valence-corrected chi connectivity index (χ1v) is 6.04. The van der Waals surface area contributed by atoms with Gasteiger partial charge in [0, 0.05) is 12.1 Å². The van der Waals surface area contributed by atoms with Crippen LogP contribution in [0.25, 0.3) is 0 Å². The maximum atomic E-state index is 10.7. The molecule has 0 aliphatic rings. The second-order valence-electron chi connectivity index (χ2n) is 3.98. The quantitative estimate of drug-likeness (QED) is 0.513. The Kier molecular flexibility index (Phi) is 4.05. The summed E-state index contributed by atoms with van der Waals surface area (Å²) in [6.07, 6.45) is 0. The van der Waals surface area contributed by atoms with Crippen molar-refractivity contribution < 1.29 is 14.4 Å². The molecule has 2 aromatic rings. The van der Waals surface area contributed by atoms with Crippen molar-refractivity contribution in [3.8, 4) is 17.2 Å². The van der Waals surface area contributed by atoms with Crippen molar-refractivity contribution in [2.75, 3.05) is 12.3 Å². The molecule has 0 radical (unpaired) electrons. The molecule has 0 aliphatic carbocycles. The molecule has 6 heteroatoms. The van der Waals surface area contributed by atoms with E-state index in [1.165, 1.54) is 18.2 Å². The highest BCUT2D eigenvalue weighted by molar-refractivity contribution is 5.61. The molecule has 0 spiro atoms. The summed E-state index contributed by atoms with van der Waals surface area (Å²) in [5.41, 5.74) is 5.53. The predicted molar refractivity (Wildman–Crippen MR) is 75.2 cm³/mol. The zero-order valence-electron chi connectivity index (χ0n) is 10.9. The third-order valence-electron chi connectivity index (χ3n) is 2.57. The average Bonchev–Trinajstić information content (AvgIpc) is 2.41. The summed E-state index contributed by atoms with van der Waals surface area (Å²) in [7, 11) is 0. The second kappa shape index (κ2) is 5.92. The van der Waals surface area contributed by atoms with Crippen molar-refractivity contribution in [3.05, 3.63) is 52.6 Å². The van der Waals surface area contributed by atoms with E-state index in [0.717, 1.165) is 5.75 Å². The van der Waals surface area contributed by atoms with Gasteiger partial charge in [0.1, 0.15) is 22.9 Å². The molecule has 20 heavy (non-hydrogen) atoms. The normalized spacial score (nSPS) is 10.1.